The molecule has 0 radical (unpaired) electrons. The quantitative estimate of drug-likeness (QED) is 0.801. The van der Waals surface area contributed by atoms with Crippen LogP contribution in [0.4, 0.5) is 0 Å². The molecule has 128 valence electrons. The molecular weight excluding hydrogens is 310 g/mol. The van der Waals surface area contributed by atoms with Crippen molar-refractivity contribution in [1.82, 2.24) is 14.9 Å². The van der Waals surface area contributed by atoms with Gasteiger partial charge in [0.05, 0.1) is 30.6 Å². The summed E-state index contributed by atoms with van der Waals surface area (Å²) in [5.41, 5.74) is 9.33. The number of likely N-dealkylation sites (N-methyl/N-ethyl adjacent to an activating group) is 1. The molecule has 0 saturated heterocycles. The zero-order valence-corrected chi connectivity index (χ0v) is 14.6. The fourth-order valence-corrected chi connectivity index (χ4v) is 4.22. The fourth-order valence-electron chi connectivity index (χ4n) is 4.22. The summed E-state index contributed by atoms with van der Waals surface area (Å²) in [5, 5.41) is 3.40. The van der Waals surface area contributed by atoms with Gasteiger partial charge in [0.15, 0.2) is 0 Å². The molecule has 1 aliphatic heterocycles. The Hall–Kier alpha value is -2.17. The van der Waals surface area contributed by atoms with Gasteiger partial charge in [-0.2, -0.15) is 0 Å². The molecule has 1 aromatic heterocycles. The topological polar surface area (TPSA) is 39.1 Å². The maximum absolute atomic E-state index is 5.62. The monoisotopic (exact) mass is 333 g/mol. The summed E-state index contributed by atoms with van der Waals surface area (Å²) in [6, 6.07) is 12.0. The standard InChI is InChI=1S/C21H23N3O/c1-22-19-7-15-3-2-14(6-17(15)8-19)11-24-13-23-20-9-16-4-5-25-12-18(16)10-21(20)24/h2-3,6,9-10,13,19,22H,4-5,7-8,11-12H2,1H3. The number of imidazole rings is 1. The number of aromatic nitrogens is 2. The number of benzene rings is 2. The average molecular weight is 333 g/mol. The van der Waals surface area contributed by atoms with E-state index in [1.54, 1.807) is 0 Å². The first-order valence-electron chi connectivity index (χ1n) is 9.12. The van der Waals surface area contributed by atoms with Crippen molar-refractivity contribution in [2.45, 2.75) is 38.5 Å². The number of rotatable bonds is 3. The molecule has 1 unspecified atom stereocenters. The number of hydrogen-bond acceptors (Lipinski definition) is 3. The summed E-state index contributed by atoms with van der Waals surface area (Å²) in [6.45, 7) is 2.41. The Kier molecular flexibility index (Phi) is 3.61. The van der Waals surface area contributed by atoms with Gasteiger partial charge in [-0.05, 0) is 66.3 Å². The van der Waals surface area contributed by atoms with Gasteiger partial charge in [0.1, 0.15) is 0 Å². The van der Waals surface area contributed by atoms with Crippen molar-refractivity contribution in [1.29, 1.82) is 0 Å². The summed E-state index contributed by atoms with van der Waals surface area (Å²) in [7, 11) is 2.06. The van der Waals surface area contributed by atoms with Gasteiger partial charge in [0.25, 0.3) is 0 Å². The Bertz CT molecular complexity index is 944. The van der Waals surface area contributed by atoms with Crippen LogP contribution in [0.15, 0.2) is 36.7 Å². The first-order valence-corrected chi connectivity index (χ1v) is 9.12. The third kappa shape index (κ3) is 2.66. The molecular formula is C21H23N3O. The third-order valence-corrected chi connectivity index (χ3v) is 5.68. The minimum absolute atomic E-state index is 0.589. The van der Waals surface area contributed by atoms with Crippen LogP contribution in [0.3, 0.4) is 0 Å². The lowest BCUT2D eigenvalue weighted by Gasteiger charge is -2.16. The van der Waals surface area contributed by atoms with Crippen molar-refractivity contribution in [3.8, 4) is 0 Å². The van der Waals surface area contributed by atoms with E-state index in [-0.39, 0.29) is 0 Å². The van der Waals surface area contributed by atoms with Crippen LogP contribution in [0.25, 0.3) is 11.0 Å². The summed E-state index contributed by atoms with van der Waals surface area (Å²) < 4.78 is 7.88. The van der Waals surface area contributed by atoms with Crippen molar-refractivity contribution >= 4 is 11.0 Å². The van der Waals surface area contributed by atoms with Gasteiger partial charge in [-0.3, -0.25) is 0 Å². The minimum atomic E-state index is 0.589. The number of hydrogen-bond donors (Lipinski definition) is 1. The maximum Gasteiger partial charge on any atom is 0.0961 e. The predicted octanol–water partition coefficient (Wildman–Crippen LogP) is 2.84. The molecule has 0 amide bonds. The van der Waals surface area contributed by atoms with Gasteiger partial charge in [0.2, 0.25) is 0 Å². The first-order chi connectivity index (χ1) is 12.3. The van der Waals surface area contributed by atoms with E-state index >= 15 is 0 Å². The lowest BCUT2D eigenvalue weighted by molar-refractivity contribution is 0.111. The van der Waals surface area contributed by atoms with Crippen LogP contribution in [0.5, 0.6) is 0 Å². The lowest BCUT2D eigenvalue weighted by atomic mass is 10.0. The molecule has 4 nitrogen and oxygen atoms in total. The first kappa shape index (κ1) is 15.1. The highest BCUT2D eigenvalue weighted by molar-refractivity contribution is 5.77. The molecule has 3 aromatic rings. The van der Waals surface area contributed by atoms with Gasteiger partial charge >= 0.3 is 0 Å². The summed E-state index contributed by atoms with van der Waals surface area (Å²) in [5.74, 6) is 0. The van der Waals surface area contributed by atoms with Crippen molar-refractivity contribution in [2.75, 3.05) is 13.7 Å². The highest BCUT2D eigenvalue weighted by Crippen LogP contribution is 2.26. The number of nitrogens with zero attached hydrogens (tertiary/aromatic N) is 2. The van der Waals surface area contributed by atoms with Crippen LogP contribution in [-0.2, 0) is 37.2 Å². The number of ether oxygens (including phenoxy) is 1. The van der Waals surface area contributed by atoms with E-state index in [2.05, 4.69) is 52.2 Å². The van der Waals surface area contributed by atoms with Crippen molar-refractivity contribution in [3.63, 3.8) is 0 Å². The number of fused-ring (bicyclic) bond motifs is 3. The van der Waals surface area contributed by atoms with Gasteiger partial charge < -0.3 is 14.6 Å². The molecule has 2 aromatic carbocycles. The molecule has 0 bridgehead atoms. The largest absolute Gasteiger partial charge is 0.376 e. The second-order valence-electron chi connectivity index (χ2n) is 7.28. The lowest BCUT2D eigenvalue weighted by Crippen LogP contribution is -2.24. The molecule has 1 aliphatic carbocycles. The van der Waals surface area contributed by atoms with E-state index in [0.717, 1.165) is 44.5 Å². The molecule has 25 heavy (non-hydrogen) atoms. The SMILES string of the molecule is CNC1Cc2ccc(Cn3cnc4cc5c(cc43)COCC5)cc2C1. The second kappa shape index (κ2) is 5.97. The van der Waals surface area contributed by atoms with Crippen LogP contribution in [0, 0.1) is 0 Å². The Labute approximate surface area is 147 Å². The van der Waals surface area contributed by atoms with E-state index in [4.69, 9.17) is 4.74 Å². The molecule has 1 N–H and O–H groups in total. The van der Waals surface area contributed by atoms with Gasteiger partial charge in [-0.25, -0.2) is 4.98 Å². The molecule has 4 heteroatoms. The zero-order chi connectivity index (χ0) is 16.8. The van der Waals surface area contributed by atoms with Crippen molar-refractivity contribution in [2.24, 2.45) is 0 Å². The van der Waals surface area contributed by atoms with Gasteiger partial charge in [-0.1, -0.05) is 18.2 Å². The van der Waals surface area contributed by atoms with E-state index in [1.165, 1.54) is 33.3 Å². The molecule has 2 heterocycles. The molecule has 1 atom stereocenters. The fraction of sp³-hybridized carbons (Fsp3) is 0.381. The molecule has 0 saturated carbocycles. The Balaban J connectivity index is 1.47. The Morgan fingerprint density at radius 1 is 1.12 bits per heavy atom. The average Bonchev–Trinajstić information content (AvgIpc) is 3.23. The van der Waals surface area contributed by atoms with Gasteiger partial charge in [0, 0.05) is 12.6 Å². The minimum Gasteiger partial charge on any atom is -0.376 e. The highest BCUT2D eigenvalue weighted by Gasteiger charge is 2.20. The van der Waals surface area contributed by atoms with Crippen LogP contribution < -0.4 is 5.32 Å². The van der Waals surface area contributed by atoms with Crippen LogP contribution in [0.1, 0.15) is 27.8 Å². The smallest absolute Gasteiger partial charge is 0.0961 e. The van der Waals surface area contributed by atoms with E-state index in [9.17, 15) is 0 Å². The number of nitrogens with one attached hydrogen (secondary N) is 1. The highest BCUT2D eigenvalue weighted by atomic mass is 16.5. The van der Waals surface area contributed by atoms with Crippen LogP contribution in [0.2, 0.25) is 0 Å². The zero-order valence-electron chi connectivity index (χ0n) is 14.6. The predicted molar refractivity (Wildman–Crippen MR) is 98.9 cm³/mol. The van der Waals surface area contributed by atoms with E-state index in [0.29, 0.717) is 6.04 Å². The molecule has 5 rings (SSSR count). The molecule has 2 aliphatic rings. The molecule has 0 spiro atoms. The maximum atomic E-state index is 5.62. The van der Waals surface area contributed by atoms with Crippen LogP contribution in [-0.4, -0.2) is 29.2 Å². The summed E-state index contributed by atoms with van der Waals surface area (Å²) in [6.07, 6.45) is 5.25. The van der Waals surface area contributed by atoms with Crippen molar-refractivity contribution in [3.05, 3.63) is 64.5 Å². The van der Waals surface area contributed by atoms with Crippen LogP contribution >= 0.6 is 0 Å². The Morgan fingerprint density at radius 3 is 2.96 bits per heavy atom. The second-order valence-corrected chi connectivity index (χ2v) is 7.28. The van der Waals surface area contributed by atoms with E-state index < -0.39 is 0 Å². The third-order valence-electron chi connectivity index (χ3n) is 5.68. The van der Waals surface area contributed by atoms with E-state index in [1.807, 2.05) is 6.33 Å². The normalized spacial score (nSPS) is 19.2. The molecule has 0 fully saturated rings. The Morgan fingerprint density at radius 2 is 2.04 bits per heavy atom. The summed E-state index contributed by atoms with van der Waals surface area (Å²) in [4.78, 5) is 4.63. The van der Waals surface area contributed by atoms with Gasteiger partial charge in [-0.15, -0.1) is 0 Å². The summed E-state index contributed by atoms with van der Waals surface area (Å²) >= 11 is 0. The van der Waals surface area contributed by atoms with Crippen molar-refractivity contribution < 1.29 is 4.74 Å².